The van der Waals surface area contributed by atoms with Gasteiger partial charge in [-0.1, -0.05) is 12.5 Å². The molecule has 0 aliphatic carbocycles. The summed E-state index contributed by atoms with van der Waals surface area (Å²) in [6.45, 7) is 7.19. The fourth-order valence-corrected chi connectivity index (χ4v) is 2.89. The van der Waals surface area contributed by atoms with Crippen molar-refractivity contribution in [1.82, 2.24) is 15.2 Å². The first-order valence-corrected chi connectivity index (χ1v) is 8.18. The minimum absolute atomic E-state index is 0.162. The van der Waals surface area contributed by atoms with Crippen molar-refractivity contribution in [2.45, 2.75) is 58.2 Å². The van der Waals surface area contributed by atoms with Crippen molar-refractivity contribution >= 4 is 0 Å². The molecule has 0 radical (unpaired) electrons. The van der Waals surface area contributed by atoms with E-state index in [1.807, 2.05) is 19.9 Å². The quantitative estimate of drug-likeness (QED) is 0.784. The Kier molecular flexibility index (Phi) is 6.46. The summed E-state index contributed by atoms with van der Waals surface area (Å²) in [6.07, 6.45) is 7.24. The highest BCUT2D eigenvalue weighted by molar-refractivity contribution is 5.25. The van der Waals surface area contributed by atoms with E-state index in [1.165, 1.54) is 32.2 Å². The number of likely N-dealkylation sites (tertiary alicyclic amines) is 1. The molecular formula is C17H29N3O. The van der Waals surface area contributed by atoms with Crippen LogP contribution in [0.4, 0.5) is 0 Å². The second-order valence-electron chi connectivity index (χ2n) is 6.23. The van der Waals surface area contributed by atoms with Gasteiger partial charge in [-0.15, -0.1) is 0 Å². The van der Waals surface area contributed by atoms with Gasteiger partial charge in [0, 0.05) is 24.3 Å². The zero-order valence-electron chi connectivity index (χ0n) is 13.6. The number of nitrogens with zero attached hydrogens (tertiary/aromatic N) is 2. The monoisotopic (exact) mass is 291 g/mol. The molecule has 21 heavy (non-hydrogen) atoms. The van der Waals surface area contributed by atoms with E-state index in [1.54, 1.807) is 6.20 Å². The van der Waals surface area contributed by atoms with Gasteiger partial charge in [-0.3, -0.25) is 0 Å². The third-order valence-corrected chi connectivity index (χ3v) is 4.09. The zero-order valence-corrected chi connectivity index (χ0v) is 13.6. The molecule has 1 aliphatic heterocycles. The number of ether oxygens (including phenoxy) is 1. The lowest BCUT2D eigenvalue weighted by atomic mass is 10.0. The predicted molar refractivity (Wildman–Crippen MR) is 86.6 cm³/mol. The van der Waals surface area contributed by atoms with Gasteiger partial charge in [0.15, 0.2) is 0 Å². The fourth-order valence-electron chi connectivity index (χ4n) is 2.89. The molecule has 1 unspecified atom stereocenters. The van der Waals surface area contributed by atoms with E-state index < -0.39 is 0 Å². The largest absolute Gasteiger partial charge is 0.475 e. The van der Waals surface area contributed by atoms with Crippen LogP contribution in [-0.4, -0.2) is 42.2 Å². The number of nitrogens with one attached hydrogen (secondary N) is 1. The van der Waals surface area contributed by atoms with Crippen molar-refractivity contribution in [2.75, 3.05) is 20.1 Å². The molecule has 118 valence electrons. The van der Waals surface area contributed by atoms with Gasteiger partial charge in [0.2, 0.25) is 5.88 Å². The van der Waals surface area contributed by atoms with Gasteiger partial charge >= 0.3 is 0 Å². The van der Waals surface area contributed by atoms with Crippen molar-refractivity contribution in [2.24, 2.45) is 0 Å². The minimum Gasteiger partial charge on any atom is -0.475 e. The predicted octanol–water partition coefficient (Wildman–Crippen LogP) is 2.83. The molecule has 0 amide bonds. The van der Waals surface area contributed by atoms with Crippen LogP contribution in [0.15, 0.2) is 18.3 Å². The summed E-state index contributed by atoms with van der Waals surface area (Å²) >= 11 is 0. The van der Waals surface area contributed by atoms with E-state index in [9.17, 15) is 0 Å². The maximum Gasteiger partial charge on any atom is 0.218 e. The Hall–Kier alpha value is -1.13. The van der Waals surface area contributed by atoms with Crippen molar-refractivity contribution in [1.29, 1.82) is 0 Å². The van der Waals surface area contributed by atoms with Crippen LogP contribution in [0.2, 0.25) is 0 Å². The summed E-state index contributed by atoms with van der Waals surface area (Å²) in [4.78, 5) is 6.83. The smallest absolute Gasteiger partial charge is 0.218 e. The summed E-state index contributed by atoms with van der Waals surface area (Å²) in [5.74, 6) is 0.759. The maximum absolute atomic E-state index is 5.75. The van der Waals surface area contributed by atoms with Crippen LogP contribution in [-0.2, 0) is 6.54 Å². The molecule has 4 heteroatoms. The normalized spacial score (nSPS) is 19.9. The molecule has 2 heterocycles. The van der Waals surface area contributed by atoms with Crippen molar-refractivity contribution < 1.29 is 4.74 Å². The van der Waals surface area contributed by atoms with E-state index in [-0.39, 0.29) is 6.10 Å². The van der Waals surface area contributed by atoms with Gasteiger partial charge in [-0.05, 0) is 59.3 Å². The average Bonchev–Trinajstić information content (AvgIpc) is 2.46. The first-order valence-electron chi connectivity index (χ1n) is 8.18. The molecule has 0 bridgehead atoms. The van der Waals surface area contributed by atoms with Crippen LogP contribution in [0.3, 0.4) is 0 Å². The van der Waals surface area contributed by atoms with E-state index >= 15 is 0 Å². The molecule has 4 nitrogen and oxygen atoms in total. The number of hydrogen-bond donors (Lipinski definition) is 1. The average molecular weight is 291 g/mol. The maximum atomic E-state index is 5.75. The van der Waals surface area contributed by atoms with Gasteiger partial charge in [0.1, 0.15) is 0 Å². The molecule has 1 atom stereocenters. The first-order chi connectivity index (χ1) is 10.2. The third kappa shape index (κ3) is 5.29. The Morgan fingerprint density at radius 1 is 1.43 bits per heavy atom. The summed E-state index contributed by atoms with van der Waals surface area (Å²) in [7, 11) is 2.25. The molecule has 0 saturated carbocycles. The van der Waals surface area contributed by atoms with Crippen LogP contribution in [0.5, 0.6) is 5.88 Å². The molecule has 1 fully saturated rings. The highest BCUT2D eigenvalue weighted by atomic mass is 16.5. The molecule has 0 aromatic carbocycles. The Morgan fingerprint density at radius 2 is 2.29 bits per heavy atom. The van der Waals surface area contributed by atoms with Gasteiger partial charge < -0.3 is 15.0 Å². The highest BCUT2D eigenvalue weighted by Crippen LogP contribution is 2.18. The molecule has 1 saturated heterocycles. The lowest BCUT2D eigenvalue weighted by Crippen LogP contribution is -2.38. The molecule has 1 aliphatic rings. The SMILES string of the molecule is CC(C)Oc1ncccc1CNCCC1CCCCN1C. The number of hydrogen-bond acceptors (Lipinski definition) is 4. The Balaban J connectivity index is 1.75. The topological polar surface area (TPSA) is 37.4 Å². The molecule has 1 aromatic heterocycles. The van der Waals surface area contributed by atoms with Gasteiger partial charge in [-0.25, -0.2) is 4.98 Å². The number of aromatic nitrogens is 1. The molecule has 1 N–H and O–H groups in total. The van der Waals surface area contributed by atoms with Gasteiger partial charge in [0.25, 0.3) is 0 Å². The van der Waals surface area contributed by atoms with Crippen LogP contribution in [0.25, 0.3) is 0 Å². The van der Waals surface area contributed by atoms with Gasteiger partial charge in [0.05, 0.1) is 6.10 Å². The summed E-state index contributed by atoms with van der Waals surface area (Å²) in [6, 6.07) is 4.80. The van der Waals surface area contributed by atoms with Gasteiger partial charge in [-0.2, -0.15) is 0 Å². The minimum atomic E-state index is 0.162. The van der Waals surface area contributed by atoms with Crippen molar-refractivity contribution in [3.05, 3.63) is 23.9 Å². The fraction of sp³-hybridized carbons (Fsp3) is 0.706. The van der Waals surface area contributed by atoms with E-state index in [0.29, 0.717) is 0 Å². The highest BCUT2D eigenvalue weighted by Gasteiger charge is 2.18. The number of pyridine rings is 1. The van der Waals surface area contributed by atoms with Crippen molar-refractivity contribution in [3.63, 3.8) is 0 Å². The number of piperidine rings is 1. The van der Waals surface area contributed by atoms with E-state index in [4.69, 9.17) is 4.74 Å². The standard InChI is InChI=1S/C17H29N3O/c1-14(2)21-17-15(7-6-10-19-17)13-18-11-9-16-8-4-5-12-20(16)3/h6-7,10,14,16,18H,4-5,8-9,11-13H2,1-3H3. The van der Waals surface area contributed by atoms with Crippen LogP contribution >= 0.6 is 0 Å². The lowest BCUT2D eigenvalue weighted by molar-refractivity contribution is 0.175. The summed E-state index contributed by atoms with van der Waals surface area (Å²) < 4.78 is 5.75. The number of rotatable bonds is 7. The Morgan fingerprint density at radius 3 is 3.05 bits per heavy atom. The summed E-state index contributed by atoms with van der Waals surface area (Å²) in [5.41, 5.74) is 1.14. The van der Waals surface area contributed by atoms with Crippen molar-refractivity contribution in [3.8, 4) is 5.88 Å². The van der Waals surface area contributed by atoms with Crippen LogP contribution in [0, 0.1) is 0 Å². The molecule has 0 spiro atoms. The zero-order chi connectivity index (χ0) is 15.1. The Labute approximate surface area is 128 Å². The molecule has 1 aromatic rings. The Bertz CT molecular complexity index is 422. The molecular weight excluding hydrogens is 262 g/mol. The lowest BCUT2D eigenvalue weighted by Gasteiger charge is -2.32. The second kappa shape index (κ2) is 8.35. The first kappa shape index (κ1) is 16.2. The van der Waals surface area contributed by atoms with E-state index in [2.05, 4.69) is 28.3 Å². The summed E-state index contributed by atoms with van der Waals surface area (Å²) in [5, 5.41) is 3.54. The third-order valence-electron chi connectivity index (χ3n) is 4.09. The van der Waals surface area contributed by atoms with Crippen LogP contribution in [0.1, 0.15) is 45.1 Å². The second-order valence-corrected chi connectivity index (χ2v) is 6.23. The molecule has 2 rings (SSSR count). The van der Waals surface area contributed by atoms with E-state index in [0.717, 1.165) is 30.6 Å². The van der Waals surface area contributed by atoms with Crippen LogP contribution < -0.4 is 10.1 Å².